The largest absolute Gasteiger partial charge is 0.361 e. The average Bonchev–Trinajstić information content (AvgIpc) is 1.94. The van der Waals surface area contributed by atoms with E-state index in [-0.39, 0.29) is 0 Å². The molecule has 1 rings (SSSR count). The Hall–Kier alpha value is -0.510. The maximum absolute atomic E-state index is 3.58. The van der Waals surface area contributed by atoms with Crippen molar-refractivity contribution in [3.8, 4) is 0 Å². The molecule has 0 unspecified atom stereocenters. The third-order valence-electron chi connectivity index (χ3n) is 1.13. The van der Waals surface area contributed by atoms with Crippen LogP contribution in [-0.4, -0.2) is 0 Å². The van der Waals surface area contributed by atoms with Crippen LogP contribution in [-0.2, 0) is 0 Å². The molecule has 1 N–H and O–H groups in total. The average molecular weight is 245 g/mol. The molecule has 0 spiro atoms. The van der Waals surface area contributed by atoms with Crippen LogP contribution in [0.3, 0.4) is 0 Å². The van der Waals surface area contributed by atoms with Crippen molar-refractivity contribution in [2.45, 2.75) is 0 Å². The first-order chi connectivity index (χ1) is 4.84. The van der Waals surface area contributed by atoms with Crippen molar-refractivity contribution in [2.75, 3.05) is 5.32 Å². The van der Waals surface area contributed by atoms with Gasteiger partial charge in [-0.1, -0.05) is 18.7 Å². The molecular formula is C8H8IN. The zero-order chi connectivity index (χ0) is 7.40. The Kier molecular flexibility index (Phi) is 2.74. The molecule has 0 fully saturated rings. The molecule has 0 saturated heterocycles. The van der Waals surface area contributed by atoms with Gasteiger partial charge in [-0.2, -0.15) is 0 Å². The van der Waals surface area contributed by atoms with Gasteiger partial charge in [0.15, 0.2) is 0 Å². The first kappa shape index (κ1) is 7.60. The third-order valence-corrected chi connectivity index (χ3v) is 2.07. The van der Waals surface area contributed by atoms with Crippen molar-refractivity contribution in [3.05, 3.63) is 40.6 Å². The number of para-hydroxylation sites is 1. The van der Waals surface area contributed by atoms with Crippen LogP contribution >= 0.6 is 22.6 Å². The van der Waals surface area contributed by atoms with Gasteiger partial charge in [-0.3, -0.25) is 0 Å². The topological polar surface area (TPSA) is 12.0 Å². The lowest BCUT2D eigenvalue weighted by atomic mass is 10.3. The number of rotatable bonds is 2. The predicted octanol–water partition coefficient (Wildman–Crippen LogP) is 2.85. The molecule has 1 aromatic rings. The number of benzene rings is 1. The van der Waals surface area contributed by atoms with Gasteiger partial charge in [0.2, 0.25) is 0 Å². The van der Waals surface area contributed by atoms with Crippen LogP contribution in [0.2, 0.25) is 0 Å². The molecule has 0 saturated carbocycles. The first-order valence-electron chi connectivity index (χ1n) is 2.96. The Morgan fingerprint density at radius 3 is 2.70 bits per heavy atom. The summed E-state index contributed by atoms with van der Waals surface area (Å²) in [6.07, 6.45) is 1.68. The Labute approximate surface area is 74.3 Å². The van der Waals surface area contributed by atoms with Crippen LogP contribution in [0.5, 0.6) is 0 Å². The van der Waals surface area contributed by atoms with Gasteiger partial charge in [-0.15, -0.1) is 0 Å². The van der Waals surface area contributed by atoms with E-state index in [0.29, 0.717) is 0 Å². The molecular weight excluding hydrogens is 237 g/mol. The molecule has 0 aliphatic rings. The molecule has 0 atom stereocenters. The van der Waals surface area contributed by atoms with E-state index < -0.39 is 0 Å². The highest BCUT2D eigenvalue weighted by Crippen LogP contribution is 2.16. The molecule has 0 heterocycles. The Bertz CT molecular complexity index is 232. The highest BCUT2D eigenvalue weighted by molar-refractivity contribution is 14.1. The van der Waals surface area contributed by atoms with Crippen LogP contribution in [0.1, 0.15) is 0 Å². The molecule has 0 aliphatic heterocycles. The fraction of sp³-hybridized carbons (Fsp3) is 0. The van der Waals surface area contributed by atoms with Crippen molar-refractivity contribution in [1.82, 2.24) is 0 Å². The molecule has 1 nitrogen and oxygen atoms in total. The molecule has 10 heavy (non-hydrogen) atoms. The Morgan fingerprint density at radius 2 is 2.10 bits per heavy atom. The van der Waals surface area contributed by atoms with E-state index >= 15 is 0 Å². The zero-order valence-corrected chi connectivity index (χ0v) is 7.63. The van der Waals surface area contributed by atoms with Crippen LogP contribution in [0.25, 0.3) is 0 Å². The van der Waals surface area contributed by atoms with Gasteiger partial charge < -0.3 is 5.32 Å². The van der Waals surface area contributed by atoms with Gasteiger partial charge in [0.05, 0.1) is 5.69 Å². The van der Waals surface area contributed by atoms with E-state index in [1.165, 1.54) is 3.57 Å². The number of hydrogen-bond acceptors (Lipinski definition) is 1. The SMILES string of the molecule is C=CNc1ccccc1I. The molecule has 0 aromatic heterocycles. The molecule has 0 bridgehead atoms. The molecule has 0 amide bonds. The number of halogens is 1. The molecule has 52 valence electrons. The molecule has 0 radical (unpaired) electrons. The lowest BCUT2D eigenvalue weighted by molar-refractivity contribution is 1.55. The fourth-order valence-corrected chi connectivity index (χ4v) is 1.23. The van der Waals surface area contributed by atoms with Gasteiger partial charge in [0.1, 0.15) is 0 Å². The predicted molar refractivity (Wildman–Crippen MR) is 53.0 cm³/mol. The number of hydrogen-bond donors (Lipinski definition) is 1. The van der Waals surface area contributed by atoms with Crippen molar-refractivity contribution in [2.24, 2.45) is 0 Å². The summed E-state index contributed by atoms with van der Waals surface area (Å²) in [6, 6.07) is 8.07. The molecule has 0 aliphatic carbocycles. The third kappa shape index (κ3) is 1.73. The minimum Gasteiger partial charge on any atom is -0.361 e. The van der Waals surface area contributed by atoms with Gasteiger partial charge in [-0.25, -0.2) is 0 Å². The van der Waals surface area contributed by atoms with E-state index in [1.54, 1.807) is 6.20 Å². The summed E-state index contributed by atoms with van der Waals surface area (Å²) in [5.41, 5.74) is 1.11. The van der Waals surface area contributed by atoms with Crippen LogP contribution in [0.4, 0.5) is 5.69 Å². The van der Waals surface area contributed by atoms with Crippen LogP contribution < -0.4 is 5.32 Å². The van der Waals surface area contributed by atoms with Gasteiger partial charge in [0, 0.05) is 3.57 Å². The van der Waals surface area contributed by atoms with E-state index in [1.807, 2.05) is 24.3 Å². The number of anilines is 1. The minimum atomic E-state index is 1.11. The summed E-state index contributed by atoms with van der Waals surface area (Å²) in [5.74, 6) is 0. The van der Waals surface area contributed by atoms with E-state index in [2.05, 4.69) is 34.5 Å². The maximum Gasteiger partial charge on any atom is 0.0515 e. The summed E-state index contributed by atoms with van der Waals surface area (Å²) < 4.78 is 1.21. The second kappa shape index (κ2) is 3.61. The van der Waals surface area contributed by atoms with Crippen molar-refractivity contribution in [3.63, 3.8) is 0 Å². The highest BCUT2D eigenvalue weighted by Gasteiger charge is 1.91. The normalized spacial score (nSPS) is 8.90. The second-order valence-corrected chi connectivity index (χ2v) is 2.99. The lowest BCUT2D eigenvalue weighted by Crippen LogP contribution is -1.87. The Balaban J connectivity index is 2.91. The second-order valence-electron chi connectivity index (χ2n) is 1.83. The van der Waals surface area contributed by atoms with Gasteiger partial charge >= 0.3 is 0 Å². The number of nitrogens with one attached hydrogen (secondary N) is 1. The first-order valence-corrected chi connectivity index (χ1v) is 4.04. The van der Waals surface area contributed by atoms with Crippen molar-refractivity contribution >= 4 is 28.3 Å². The summed E-state index contributed by atoms with van der Waals surface area (Å²) in [5, 5.41) is 3.03. The van der Waals surface area contributed by atoms with E-state index in [9.17, 15) is 0 Å². The fourth-order valence-electron chi connectivity index (χ4n) is 0.688. The summed E-state index contributed by atoms with van der Waals surface area (Å²) in [4.78, 5) is 0. The molecule has 1 aromatic carbocycles. The van der Waals surface area contributed by atoms with Crippen molar-refractivity contribution < 1.29 is 0 Å². The van der Waals surface area contributed by atoms with Crippen molar-refractivity contribution in [1.29, 1.82) is 0 Å². The van der Waals surface area contributed by atoms with E-state index in [0.717, 1.165) is 5.69 Å². The maximum atomic E-state index is 3.58. The van der Waals surface area contributed by atoms with Crippen LogP contribution in [0, 0.1) is 3.57 Å². The molecule has 2 heteroatoms. The lowest BCUT2D eigenvalue weighted by Gasteiger charge is -2.00. The monoisotopic (exact) mass is 245 g/mol. The zero-order valence-electron chi connectivity index (χ0n) is 5.47. The Morgan fingerprint density at radius 1 is 1.40 bits per heavy atom. The summed E-state index contributed by atoms with van der Waals surface area (Å²) >= 11 is 2.27. The smallest absolute Gasteiger partial charge is 0.0515 e. The van der Waals surface area contributed by atoms with E-state index in [4.69, 9.17) is 0 Å². The highest BCUT2D eigenvalue weighted by atomic mass is 127. The minimum absolute atomic E-state index is 1.11. The van der Waals surface area contributed by atoms with Gasteiger partial charge in [0.25, 0.3) is 0 Å². The van der Waals surface area contributed by atoms with Crippen LogP contribution in [0.15, 0.2) is 37.0 Å². The summed E-state index contributed by atoms with van der Waals surface area (Å²) in [6.45, 7) is 3.58. The quantitative estimate of drug-likeness (QED) is 0.790. The van der Waals surface area contributed by atoms with Gasteiger partial charge in [-0.05, 0) is 40.9 Å². The summed E-state index contributed by atoms with van der Waals surface area (Å²) in [7, 11) is 0. The standard InChI is InChI=1S/C8H8IN/c1-2-10-8-6-4-3-5-7(8)9/h2-6,10H,1H2.